The number of rotatable bonds is 6. The number of amides is 1. The first-order chi connectivity index (χ1) is 11.5. The summed E-state index contributed by atoms with van der Waals surface area (Å²) in [6.07, 6.45) is 2.87. The molecule has 7 nitrogen and oxygen atoms in total. The molecule has 0 spiro atoms. The Morgan fingerprint density at radius 2 is 1.92 bits per heavy atom. The van der Waals surface area contributed by atoms with Gasteiger partial charge in [-0.3, -0.25) is 4.79 Å². The molecule has 7 heteroatoms. The molecule has 24 heavy (non-hydrogen) atoms. The number of ether oxygens (including phenoxy) is 1. The molecular formula is C17H20N4O3. The molecule has 1 aromatic carbocycles. The lowest BCUT2D eigenvalue weighted by molar-refractivity contribution is 0.0527. The average Bonchev–Trinajstić information content (AvgIpc) is 2.55. The van der Waals surface area contributed by atoms with Crippen molar-refractivity contribution in [3.63, 3.8) is 0 Å². The number of carbonyl (C=O) groups is 2. The van der Waals surface area contributed by atoms with Crippen LogP contribution in [0.1, 0.15) is 41.6 Å². The quantitative estimate of drug-likeness (QED) is 0.792. The Morgan fingerprint density at radius 3 is 2.54 bits per heavy atom. The van der Waals surface area contributed by atoms with Crippen LogP contribution in [0.5, 0.6) is 0 Å². The van der Waals surface area contributed by atoms with Crippen LogP contribution in [-0.2, 0) is 4.74 Å². The van der Waals surface area contributed by atoms with Crippen LogP contribution < -0.4 is 10.6 Å². The fourth-order valence-electron chi connectivity index (χ4n) is 1.98. The Morgan fingerprint density at radius 1 is 1.17 bits per heavy atom. The van der Waals surface area contributed by atoms with Crippen LogP contribution in [0, 0.1) is 0 Å². The predicted molar refractivity (Wildman–Crippen MR) is 91.1 cm³/mol. The molecule has 0 fully saturated rings. The smallest absolute Gasteiger partial charge is 0.340 e. The van der Waals surface area contributed by atoms with Crippen molar-refractivity contribution in [2.45, 2.75) is 26.8 Å². The Kier molecular flexibility index (Phi) is 5.83. The highest BCUT2D eigenvalue weighted by molar-refractivity contribution is 6.06. The number of aromatic nitrogens is 2. The zero-order valence-electron chi connectivity index (χ0n) is 13.9. The Hall–Kier alpha value is -2.96. The maximum Gasteiger partial charge on any atom is 0.340 e. The van der Waals surface area contributed by atoms with Crippen molar-refractivity contribution in [2.75, 3.05) is 17.2 Å². The molecule has 126 valence electrons. The molecule has 0 atom stereocenters. The van der Waals surface area contributed by atoms with Gasteiger partial charge in [0.25, 0.3) is 5.91 Å². The summed E-state index contributed by atoms with van der Waals surface area (Å²) in [7, 11) is 0. The summed E-state index contributed by atoms with van der Waals surface area (Å²) in [5.41, 5.74) is 0.814. The van der Waals surface area contributed by atoms with Gasteiger partial charge in [-0.25, -0.2) is 14.8 Å². The van der Waals surface area contributed by atoms with E-state index in [1.807, 2.05) is 13.8 Å². The first-order valence-corrected chi connectivity index (χ1v) is 7.67. The Balaban J connectivity index is 2.14. The molecule has 0 radical (unpaired) electrons. The van der Waals surface area contributed by atoms with Crippen molar-refractivity contribution in [3.05, 3.63) is 47.9 Å². The van der Waals surface area contributed by atoms with Crippen LogP contribution in [0.25, 0.3) is 0 Å². The van der Waals surface area contributed by atoms with Crippen molar-refractivity contribution in [1.29, 1.82) is 0 Å². The Bertz CT molecular complexity index is 714. The second-order valence-electron chi connectivity index (χ2n) is 5.31. The molecule has 1 heterocycles. The molecule has 0 aliphatic rings. The second kappa shape index (κ2) is 8.05. The van der Waals surface area contributed by atoms with E-state index in [0.717, 1.165) is 0 Å². The predicted octanol–water partition coefficient (Wildman–Crippen LogP) is 2.73. The molecule has 2 aromatic rings. The van der Waals surface area contributed by atoms with Gasteiger partial charge in [0.15, 0.2) is 0 Å². The number of hydrogen-bond donors (Lipinski definition) is 2. The van der Waals surface area contributed by atoms with Crippen LogP contribution in [0.15, 0.2) is 36.7 Å². The highest BCUT2D eigenvalue weighted by atomic mass is 16.5. The molecule has 1 aromatic heterocycles. The average molecular weight is 328 g/mol. The van der Waals surface area contributed by atoms with Gasteiger partial charge < -0.3 is 15.4 Å². The summed E-state index contributed by atoms with van der Waals surface area (Å²) < 4.78 is 4.98. The topological polar surface area (TPSA) is 93.2 Å². The molecular weight excluding hydrogens is 308 g/mol. The third-order valence-corrected chi connectivity index (χ3v) is 2.99. The van der Waals surface area contributed by atoms with Gasteiger partial charge in [-0.2, -0.15) is 0 Å². The van der Waals surface area contributed by atoms with Crippen molar-refractivity contribution in [3.8, 4) is 0 Å². The van der Waals surface area contributed by atoms with Gasteiger partial charge in [-0.1, -0.05) is 12.1 Å². The van der Waals surface area contributed by atoms with Gasteiger partial charge >= 0.3 is 5.97 Å². The summed E-state index contributed by atoms with van der Waals surface area (Å²) in [6, 6.07) is 6.87. The SMILES string of the molecule is CCOC(=O)c1ccccc1NC(=O)c1cnc(NC(C)C)cn1. The fourth-order valence-corrected chi connectivity index (χ4v) is 1.98. The van der Waals surface area contributed by atoms with E-state index in [9.17, 15) is 9.59 Å². The van der Waals surface area contributed by atoms with E-state index < -0.39 is 11.9 Å². The summed E-state index contributed by atoms with van der Waals surface area (Å²) in [5, 5.41) is 5.76. The molecule has 0 unspecified atom stereocenters. The van der Waals surface area contributed by atoms with Gasteiger partial charge in [0.05, 0.1) is 30.3 Å². The van der Waals surface area contributed by atoms with Gasteiger partial charge in [-0.05, 0) is 32.9 Å². The lowest BCUT2D eigenvalue weighted by atomic mass is 10.1. The highest BCUT2D eigenvalue weighted by Gasteiger charge is 2.15. The Labute approximate surface area is 140 Å². The van der Waals surface area contributed by atoms with Crippen molar-refractivity contribution < 1.29 is 14.3 Å². The number of nitrogens with zero attached hydrogens (tertiary/aromatic N) is 2. The fraction of sp³-hybridized carbons (Fsp3) is 0.294. The standard InChI is InChI=1S/C17H20N4O3/c1-4-24-17(23)12-7-5-6-8-13(12)21-16(22)14-9-19-15(10-18-14)20-11(2)3/h5-11H,4H2,1-3H3,(H,19,20)(H,21,22). The summed E-state index contributed by atoms with van der Waals surface area (Å²) in [5.74, 6) is -0.347. The maximum atomic E-state index is 12.3. The lowest BCUT2D eigenvalue weighted by Crippen LogP contribution is -2.18. The molecule has 2 N–H and O–H groups in total. The molecule has 0 aliphatic heterocycles. The monoisotopic (exact) mass is 328 g/mol. The van der Waals surface area contributed by atoms with Crippen molar-refractivity contribution in [2.24, 2.45) is 0 Å². The van der Waals surface area contributed by atoms with E-state index in [2.05, 4.69) is 20.6 Å². The van der Waals surface area contributed by atoms with E-state index in [1.54, 1.807) is 31.2 Å². The zero-order chi connectivity index (χ0) is 17.5. The number of benzene rings is 1. The number of anilines is 2. The molecule has 0 aliphatic carbocycles. The van der Waals surface area contributed by atoms with Crippen LogP contribution in [-0.4, -0.2) is 34.5 Å². The van der Waals surface area contributed by atoms with Gasteiger partial charge in [0.2, 0.25) is 0 Å². The maximum absolute atomic E-state index is 12.3. The number of carbonyl (C=O) groups excluding carboxylic acids is 2. The third kappa shape index (κ3) is 4.52. The second-order valence-corrected chi connectivity index (χ2v) is 5.31. The normalized spacial score (nSPS) is 10.3. The summed E-state index contributed by atoms with van der Waals surface area (Å²) in [4.78, 5) is 32.4. The summed E-state index contributed by atoms with van der Waals surface area (Å²) >= 11 is 0. The van der Waals surface area contributed by atoms with E-state index in [0.29, 0.717) is 17.1 Å². The van der Waals surface area contributed by atoms with Crippen molar-refractivity contribution >= 4 is 23.4 Å². The number of esters is 1. The van der Waals surface area contributed by atoms with E-state index in [1.165, 1.54) is 12.4 Å². The van der Waals surface area contributed by atoms with E-state index in [4.69, 9.17) is 4.74 Å². The third-order valence-electron chi connectivity index (χ3n) is 2.99. The van der Waals surface area contributed by atoms with E-state index in [-0.39, 0.29) is 18.3 Å². The molecule has 2 rings (SSSR count). The van der Waals surface area contributed by atoms with Crippen LogP contribution in [0.4, 0.5) is 11.5 Å². The van der Waals surface area contributed by atoms with Crippen molar-refractivity contribution in [1.82, 2.24) is 9.97 Å². The molecule has 0 saturated heterocycles. The molecule has 1 amide bonds. The minimum Gasteiger partial charge on any atom is -0.462 e. The lowest BCUT2D eigenvalue weighted by Gasteiger charge is -2.11. The van der Waals surface area contributed by atoms with E-state index >= 15 is 0 Å². The highest BCUT2D eigenvalue weighted by Crippen LogP contribution is 2.17. The minimum absolute atomic E-state index is 0.156. The minimum atomic E-state index is -0.490. The van der Waals surface area contributed by atoms with Gasteiger partial charge in [0, 0.05) is 6.04 Å². The molecule has 0 saturated carbocycles. The first kappa shape index (κ1) is 17.4. The number of para-hydroxylation sites is 1. The number of hydrogen-bond acceptors (Lipinski definition) is 6. The summed E-state index contributed by atoms with van der Waals surface area (Å²) in [6.45, 7) is 5.95. The van der Waals surface area contributed by atoms with Crippen LogP contribution in [0.2, 0.25) is 0 Å². The number of nitrogens with one attached hydrogen (secondary N) is 2. The van der Waals surface area contributed by atoms with Crippen LogP contribution in [0.3, 0.4) is 0 Å². The zero-order valence-corrected chi connectivity index (χ0v) is 13.9. The van der Waals surface area contributed by atoms with Gasteiger partial charge in [0.1, 0.15) is 11.5 Å². The molecule has 0 bridgehead atoms. The first-order valence-electron chi connectivity index (χ1n) is 7.67. The van der Waals surface area contributed by atoms with Crippen LogP contribution >= 0.6 is 0 Å². The largest absolute Gasteiger partial charge is 0.462 e. The van der Waals surface area contributed by atoms with Gasteiger partial charge in [-0.15, -0.1) is 0 Å².